The van der Waals surface area contributed by atoms with Gasteiger partial charge < -0.3 is 0 Å². The molecule has 15 heavy (non-hydrogen) atoms. The maximum Gasteiger partial charge on any atom is 0.129 e. The van der Waals surface area contributed by atoms with Gasteiger partial charge in [-0.2, -0.15) is 0 Å². The summed E-state index contributed by atoms with van der Waals surface area (Å²) in [5.74, 6) is 3.23. The Labute approximate surface area is 97.8 Å². The van der Waals surface area contributed by atoms with Crippen molar-refractivity contribution in [1.29, 1.82) is 0 Å². The topological polar surface area (TPSA) is 0 Å². The molecular formula is C13H16SSi. The summed E-state index contributed by atoms with van der Waals surface area (Å²) in [5, 5.41) is 1.84. The molecule has 0 radical (unpaired) electrons. The Kier molecular flexibility index (Phi) is 4.25. The van der Waals surface area contributed by atoms with E-state index in [0.717, 1.165) is 5.56 Å². The van der Waals surface area contributed by atoms with Crippen molar-refractivity contribution in [3.63, 3.8) is 0 Å². The molecule has 0 N–H and O–H groups in total. The number of hydrogen-bond donors (Lipinski definition) is 0. The summed E-state index contributed by atoms with van der Waals surface area (Å²) in [7, 11) is -1.25. The van der Waals surface area contributed by atoms with Crippen LogP contribution in [-0.4, -0.2) is 8.07 Å². The Hall–Kier alpha value is -0.913. The Balaban J connectivity index is 2.79. The highest BCUT2D eigenvalue weighted by Gasteiger charge is 2.07. The molecule has 1 aromatic rings. The molecule has 0 atom stereocenters. The molecule has 1 aromatic carbocycles. The second-order valence-corrected chi connectivity index (χ2v) is 10.1. The third-order valence-electron chi connectivity index (χ3n) is 1.66. The second kappa shape index (κ2) is 5.25. The average molecular weight is 232 g/mol. The van der Waals surface area contributed by atoms with Gasteiger partial charge in [-0.1, -0.05) is 43.9 Å². The normalized spacial score (nSPS) is 10.3. The van der Waals surface area contributed by atoms with Gasteiger partial charge >= 0.3 is 0 Å². The van der Waals surface area contributed by atoms with Crippen molar-refractivity contribution in [2.75, 3.05) is 0 Å². The van der Waals surface area contributed by atoms with Gasteiger partial charge in [0.15, 0.2) is 0 Å². The van der Waals surface area contributed by atoms with E-state index in [1.165, 1.54) is 4.90 Å². The van der Waals surface area contributed by atoms with Gasteiger partial charge in [-0.3, -0.25) is 0 Å². The number of hydrogen-bond acceptors (Lipinski definition) is 1. The summed E-state index contributed by atoms with van der Waals surface area (Å²) >= 11 is 1.63. The van der Waals surface area contributed by atoms with Gasteiger partial charge in [-0.15, -0.1) is 5.54 Å². The van der Waals surface area contributed by atoms with Crippen LogP contribution in [0.1, 0.15) is 5.56 Å². The average Bonchev–Trinajstić information content (AvgIpc) is 2.16. The molecule has 0 amide bonds. The van der Waals surface area contributed by atoms with Crippen LogP contribution in [0.3, 0.4) is 0 Å². The minimum absolute atomic E-state index is 1.10. The Bertz CT molecular complexity index is 387. The maximum atomic E-state index is 3.69. The lowest BCUT2D eigenvalue weighted by molar-refractivity contribution is 1.45. The molecule has 0 spiro atoms. The van der Waals surface area contributed by atoms with Crippen LogP contribution in [0.15, 0.2) is 41.1 Å². The predicted molar refractivity (Wildman–Crippen MR) is 72.7 cm³/mol. The molecule has 0 unspecified atom stereocenters. The van der Waals surface area contributed by atoms with Crippen molar-refractivity contribution in [2.45, 2.75) is 24.5 Å². The van der Waals surface area contributed by atoms with Crippen molar-refractivity contribution >= 4 is 19.8 Å². The van der Waals surface area contributed by atoms with Crippen molar-refractivity contribution in [3.8, 4) is 11.5 Å². The van der Waals surface area contributed by atoms with E-state index in [9.17, 15) is 0 Å². The zero-order chi connectivity index (χ0) is 11.3. The SMILES string of the molecule is C=CSc1ccc(C#C[Si](C)(C)C)cc1. The summed E-state index contributed by atoms with van der Waals surface area (Å²) in [6.07, 6.45) is 0. The molecule has 2 heteroatoms. The van der Waals surface area contributed by atoms with E-state index in [4.69, 9.17) is 0 Å². The first-order chi connectivity index (χ1) is 7.01. The highest BCUT2D eigenvalue weighted by molar-refractivity contribution is 8.02. The fraction of sp³-hybridized carbons (Fsp3) is 0.231. The predicted octanol–water partition coefficient (Wildman–Crippen LogP) is 4.15. The van der Waals surface area contributed by atoms with Gasteiger partial charge in [0.25, 0.3) is 0 Å². The quantitative estimate of drug-likeness (QED) is 0.419. The van der Waals surface area contributed by atoms with Gasteiger partial charge in [0.2, 0.25) is 0 Å². The third-order valence-corrected chi connectivity index (χ3v) is 3.24. The molecule has 0 aliphatic carbocycles. The minimum atomic E-state index is -1.25. The van der Waals surface area contributed by atoms with Gasteiger partial charge in [0.1, 0.15) is 8.07 Å². The molecule has 0 aliphatic rings. The fourth-order valence-corrected chi connectivity index (χ4v) is 1.98. The molecule has 0 bridgehead atoms. The molecule has 0 aliphatic heterocycles. The van der Waals surface area contributed by atoms with E-state index in [1.807, 2.05) is 5.41 Å². The third kappa shape index (κ3) is 4.92. The van der Waals surface area contributed by atoms with E-state index < -0.39 is 8.07 Å². The van der Waals surface area contributed by atoms with E-state index in [2.05, 4.69) is 61.9 Å². The molecule has 0 fully saturated rings. The molecule has 0 nitrogen and oxygen atoms in total. The van der Waals surface area contributed by atoms with Crippen LogP contribution in [0.5, 0.6) is 0 Å². The van der Waals surface area contributed by atoms with Crippen LogP contribution in [0, 0.1) is 11.5 Å². The van der Waals surface area contributed by atoms with Crippen LogP contribution in [0.25, 0.3) is 0 Å². The van der Waals surface area contributed by atoms with Crippen LogP contribution >= 0.6 is 11.8 Å². The molecule has 0 aromatic heterocycles. The zero-order valence-corrected chi connectivity index (χ0v) is 11.3. The van der Waals surface area contributed by atoms with E-state index in [-0.39, 0.29) is 0 Å². The lowest BCUT2D eigenvalue weighted by Gasteiger charge is -2.03. The molecule has 1 rings (SSSR count). The minimum Gasteiger partial charge on any atom is -0.127 e. The monoisotopic (exact) mass is 232 g/mol. The Morgan fingerprint density at radius 3 is 2.27 bits per heavy atom. The first-order valence-corrected chi connectivity index (χ1v) is 9.30. The standard InChI is InChI=1S/C13H16SSi/c1-5-14-13-8-6-12(7-9-13)10-11-15(2,3)4/h5-9H,1H2,2-4H3. The number of thioether (sulfide) groups is 1. The largest absolute Gasteiger partial charge is 0.129 e. The first-order valence-electron chi connectivity index (χ1n) is 4.92. The van der Waals surface area contributed by atoms with E-state index in [1.54, 1.807) is 11.8 Å². The molecule has 0 saturated heterocycles. The molecule has 0 heterocycles. The van der Waals surface area contributed by atoms with Crippen molar-refractivity contribution < 1.29 is 0 Å². The molecule has 78 valence electrons. The highest BCUT2D eigenvalue weighted by atomic mass is 32.2. The summed E-state index contributed by atoms with van der Waals surface area (Å²) in [4.78, 5) is 1.21. The van der Waals surface area contributed by atoms with Crippen LogP contribution in [0.4, 0.5) is 0 Å². The molecular weight excluding hydrogens is 216 g/mol. The lowest BCUT2D eigenvalue weighted by atomic mass is 10.2. The van der Waals surface area contributed by atoms with E-state index >= 15 is 0 Å². The van der Waals surface area contributed by atoms with Crippen molar-refractivity contribution in [2.24, 2.45) is 0 Å². The van der Waals surface area contributed by atoms with Crippen LogP contribution in [0.2, 0.25) is 19.6 Å². The van der Waals surface area contributed by atoms with Crippen molar-refractivity contribution in [3.05, 3.63) is 41.8 Å². The number of benzene rings is 1. The summed E-state index contributed by atoms with van der Waals surface area (Å²) in [6.45, 7) is 10.4. The Morgan fingerprint density at radius 1 is 1.20 bits per heavy atom. The maximum absolute atomic E-state index is 3.69. The second-order valence-electron chi connectivity index (χ2n) is 4.31. The van der Waals surface area contributed by atoms with Gasteiger partial charge in [0, 0.05) is 10.5 Å². The lowest BCUT2D eigenvalue weighted by Crippen LogP contribution is -2.16. The highest BCUT2D eigenvalue weighted by Crippen LogP contribution is 2.18. The van der Waals surface area contributed by atoms with Crippen LogP contribution < -0.4 is 0 Å². The summed E-state index contributed by atoms with van der Waals surface area (Å²) in [5.41, 5.74) is 4.45. The van der Waals surface area contributed by atoms with Crippen LogP contribution in [-0.2, 0) is 0 Å². The molecule has 0 saturated carbocycles. The number of rotatable bonds is 2. The van der Waals surface area contributed by atoms with Crippen molar-refractivity contribution in [1.82, 2.24) is 0 Å². The fourth-order valence-electron chi connectivity index (χ4n) is 0.973. The Morgan fingerprint density at radius 2 is 1.80 bits per heavy atom. The van der Waals surface area contributed by atoms with Gasteiger partial charge in [0.05, 0.1) is 0 Å². The van der Waals surface area contributed by atoms with E-state index in [0.29, 0.717) is 0 Å². The smallest absolute Gasteiger partial charge is 0.127 e. The van der Waals surface area contributed by atoms with Gasteiger partial charge in [-0.25, -0.2) is 0 Å². The van der Waals surface area contributed by atoms with Gasteiger partial charge in [-0.05, 0) is 29.7 Å². The first kappa shape index (κ1) is 12.2. The summed E-state index contributed by atoms with van der Waals surface area (Å²) in [6, 6.07) is 8.30. The summed E-state index contributed by atoms with van der Waals surface area (Å²) < 4.78 is 0. The zero-order valence-electron chi connectivity index (χ0n) is 9.50.